The van der Waals surface area contributed by atoms with Crippen molar-refractivity contribution in [1.82, 2.24) is 0 Å². The number of thiophene rings is 1. The Morgan fingerprint density at radius 1 is 0.912 bits per heavy atom. The van der Waals surface area contributed by atoms with Gasteiger partial charge in [-0.05, 0) is 44.6 Å². The van der Waals surface area contributed by atoms with Gasteiger partial charge < -0.3 is 9.47 Å². The number of esters is 1. The van der Waals surface area contributed by atoms with Gasteiger partial charge in [0.1, 0.15) is 10.6 Å². The summed E-state index contributed by atoms with van der Waals surface area (Å²) in [6.07, 6.45) is 17.6. The van der Waals surface area contributed by atoms with Crippen molar-refractivity contribution < 1.29 is 19.1 Å². The van der Waals surface area contributed by atoms with E-state index in [4.69, 9.17) is 9.47 Å². The third-order valence-electron chi connectivity index (χ3n) is 6.03. The molecule has 0 radical (unpaired) electrons. The summed E-state index contributed by atoms with van der Waals surface area (Å²) in [6, 6.07) is 1.66. The molecule has 0 saturated carbocycles. The molecule has 0 aliphatic rings. The van der Waals surface area contributed by atoms with Crippen LogP contribution in [0.15, 0.2) is 11.4 Å². The van der Waals surface area contributed by atoms with Crippen LogP contribution in [-0.2, 0) is 9.47 Å². The summed E-state index contributed by atoms with van der Waals surface area (Å²) in [5, 5.41) is 4.90. The van der Waals surface area contributed by atoms with Crippen LogP contribution in [0.3, 0.4) is 0 Å². The van der Waals surface area contributed by atoms with Crippen molar-refractivity contribution in [3.63, 3.8) is 0 Å². The van der Waals surface area contributed by atoms with Gasteiger partial charge in [0.15, 0.2) is 0 Å². The maximum atomic E-state index is 12.3. The highest BCUT2D eigenvalue weighted by molar-refractivity contribution is 7.14. The Kier molecular flexibility index (Phi) is 16.0. The Labute approximate surface area is 212 Å². The third kappa shape index (κ3) is 14.6. The summed E-state index contributed by atoms with van der Waals surface area (Å²) in [5.41, 5.74) is -0.222. The Morgan fingerprint density at radius 3 is 2.09 bits per heavy atom. The van der Waals surface area contributed by atoms with Crippen LogP contribution < -0.4 is 5.32 Å². The summed E-state index contributed by atoms with van der Waals surface area (Å²) >= 11 is 1.29. The first-order valence-corrected chi connectivity index (χ1v) is 14.4. The second kappa shape index (κ2) is 17.8. The first-order valence-electron chi connectivity index (χ1n) is 13.5. The molecule has 0 aromatic carbocycles. The average Bonchev–Trinajstić information content (AvgIpc) is 3.23. The zero-order valence-corrected chi connectivity index (χ0v) is 23.2. The van der Waals surface area contributed by atoms with E-state index >= 15 is 0 Å². The second-order valence-corrected chi connectivity index (χ2v) is 11.2. The smallest absolute Gasteiger partial charge is 0.412 e. The summed E-state index contributed by atoms with van der Waals surface area (Å²) in [4.78, 5) is 24.4. The number of unbranched alkanes of at least 4 members (excludes halogenated alkanes) is 9. The van der Waals surface area contributed by atoms with E-state index in [1.54, 1.807) is 11.4 Å². The molecule has 196 valence electrons. The highest BCUT2D eigenvalue weighted by Gasteiger charge is 2.22. The molecule has 0 fully saturated rings. The van der Waals surface area contributed by atoms with Gasteiger partial charge in [0.25, 0.3) is 0 Å². The summed E-state index contributed by atoms with van der Waals surface area (Å²) in [6.45, 7) is 10.4. The second-order valence-electron chi connectivity index (χ2n) is 10.3. The van der Waals surface area contributed by atoms with Gasteiger partial charge in [-0.2, -0.15) is 0 Å². The summed E-state index contributed by atoms with van der Waals surface area (Å²) in [5.74, 6) is 0.385. The van der Waals surface area contributed by atoms with Crippen molar-refractivity contribution in [2.75, 3.05) is 11.9 Å². The number of amides is 1. The topological polar surface area (TPSA) is 64.6 Å². The van der Waals surface area contributed by atoms with Crippen LogP contribution in [0.4, 0.5) is 9.80 Å². The number of hydrogen-bond donors (Lipinski definition) is 1. The normalized spacial score (nSPS) is 12.4. The van der Waals surface area contributed by atoms with Gasteiger partial charge in [0.2, 0.25) is 0 Å². The molecule has 1 aromatic heterocycles. The molecule has 0 aliphatic heterocycles. The van der Waals surface area contributed by atoms with Crippen molar-refractivity contribution in [1.29, 1.82) is 0 Å². The number of ether oxygens (including phenoxy) is 2. The van der Waals surface area contributed by atoms with Crippen molar-refractivity contribution in [3.8, 4) is 0 Å². The van der Waals surface area contributed by atoms with Gasteiger partial charge in [-0.15, -0.1) is 11.3 Å². The molecule has 1 aromatic rings. The molecule has 1 unspecified atom stereocenters. The molecular formula is C28H49NO4S. The van der Waals surface area contributed by atoms with E-state index in [1.165, 1.54) is 88.4 Å². The highest BCUT2D eigenvalue weighted by Crippen LogP contribution is 2.26. The maximum Gasteiger partial charge on any atom is 0.412 e. The molecule has 0 aliphatic carbocycles. The minimum absolute atomic E-state index is 0.360. The van der Waals surface area contributed by atoms with E-state index in [9.17, 15) is 9.59 Å². The van der Waals surface area contributed by atoms with Gasteiger partial charge in [0.05, 0.1) is 12.2 Å². The lowest BCUT2D eigenvalue weighted by atomic mass is 9.92. The summed E-state index contributed by atoms with van der Waals surface area (Å²) < 4.78 is 10.7. The lowest BCUT2D eigenvalue weighted by Crippen LogP contribution is -2.24. The molecule has 1 heterocycles. The van der Waals surface area contributed by atoms with Crippen LogP contribution in [0, 0.1) is 5.92 Å². The third-order valence-corrected chi connectivity index (χ3v) is 6.86. The van der Waals surface area contributed by atoms with E-state index in [-0.39, 0.29) is 0 Å². The fourth-order valence-electron chi connectivity index (χ4n) is 4.02. The van der Waals surface area contributed by atoms with Gasteiger partial charge in [-0.1, -0.05) is 97.3 Å². The molecule has 1 amide bonds. The Bertz CT molecular complexity index is 680. The van der Waals surface area contributed by atoms with E-state index < -0.39 is 17.7 Å². The lowest BCUT2D eigenvalue weighted by molar-refractivity contribution is 0.00712. The molecular weight excluding hydrogens is 446 g/mol. The zero-order chi connectivity index (χ0) is 25.2. The fraction of sp³-hybridized carbons (Fsp3) is 0.786. The lowest BCUT2D eigenvalue weighted by Gasteiger charge is -2.19. The molecule has 6 heteroatoms. The van der Waals surface area contributed by atoms with Crippen molar-refractivity contribution in [2.45, 2.75) is 130 Å². The largest absolute Gasteiger partial charge is 0.456 e. The molecule has 0 spiro atoms. The highest BCUT2D eigenvalue weighted by atomic mass is 32.1. The van der Waals surface area contributed by atoms with E-state index in [2.05, 4.69) is 19.2 Å². The number of anilines is 1. The minimum Gasteiger partial charge on any atom is -0.456 e. The predicted molar refractivity (Wildman–Crippen MR) is 144 cm³/mol. The number of carbonyl (C=O) groups is 2. The fourth-order valence-corrected chi connectivity index (χ4v) is 4.79. The van der Waals surface area contributed by atoms with Crippen LogP contribution in [0.2, 0.25) is 0 Å². The van der Waals surface area contributed by atoms with Crippen LogP contribution in [0.5, 0.6) is 0 Å². The monoisotopic (exact) mass is 495 g/mol. The maximum absolute atomic E-state index is 12.3. The standard InChI is InChI=1S/C28H49NO4S/c1-6-8-9-10-11-12-13-15-18-23(7-2)19-16-14-17-21-32-27(31)29-25-24(20-22-34-25)26(30)33-28(3,4)5/h20,22-23H,6-19,21H2,1-5H3,(H,29,31). The van der Waals surface area contributed by atoms with Crippen LogP contribution >= 0.6 is 11.3 Å². The number of nitrogens with one attached hydrogen (secondary N) is 1. The molecule has 1 rings (SSSR count). The Balaban J connectivity index is 2.13. The number of rotatable bonds is 18. The molecule has 1 atom stereocenters. The molecule has 0 bridgehead atoms. The van der Waals surface area contributed by atoms with Crippen molar-refractivity contribution in [2.24, 2.45) is 5.92 Å². The SMILES string of the molecule is CCCCCCCCCCC(CC)CCCCCOC(=O)Nc1sccc1C(=O)OC(C)(C)C. The number of carbonyl (C=O) groups excluding carboxylic acids is 2. The number of hydrogen-bond acceptors (Lipinski definition) is 5. The molecule has 0 saturated heterocycles. The first kappa shape index (κ1) is 30.5. The van der Waals surface area contributed by atoms with Gasteiger partial charge in [-0.3, -0.25) is 5.32 Å². The minimum atomic E-state index is -0.582. The quantitative estimate of drug-likeness (QED) is 0.163. The molecule has 34 heavy (non-hydrogen) atoms. The van der Waals surface area contributed by atoms with Crippen LogP contribution in [0.1, 0.15) is 135 Å². The van der Waals surface area contributed by atoms with Gasteiger partial charge in [-0.25, -0.2) is 9.59 Å². The van der Waals surface area contributed by atoms with Crippen molar-refractivity contribution >= 4 is 28.4 Å². The first-order chi connectivity index (χ1) is 16.3. The Hall–Kier alpha value is -1.56. The average molecular weight is 496 g/mol. The zero-order valence-electron chi connectivity index (χ0n) is 22.4. The van der Waals surface area contributed by atoms with Crippen LogP contribution in [0.25, 0.3) is 0 Å². The van der Waals surface area contributed by atoms with Gasteiger partial charge >= 0.3 is 12.1 Å². The van der Waals surface area contributed by atoms with Crippen molar-refractivity contribution in [3.05, 3.63) is 17.0 Å². The van der Waals surface area contributed by atoms with Crippen LogP contribution in [-0.4, -0.2) is 24.3 Å². The van der Waals surface area contributed by atoms with Gasteiger partial charge in [0, 0.05) is 0 Å². The molecule has 1 N–H and O–H groups in total. The van der Waals surface area contributed by atoms with E-state index in [1.807, 2.05) is 20.8 Å². The Morgan fingerprint density at radius 2 is 1.50 bits per heavy atom. The van der Waals surface area contributed by atoms with E-state index in [0.717, 1.165) is 18.8 Å². The summed E-state index contributed by atoms with van der Waals surface area (Å²) in [7, 11) is 0. The molecule has 5 nitrogen and oxygen atoms in total. The van der Waals surface area contributed by atoms with E-state index in [0.29, 0.717) is 17.2 Å². The predicted octanol–water partition coefficient (Wildman–Crippen LogP) is 9.37.